The molecule has 130 valence electrons. The molecule has 0 aromatic carbocycles. The van der Waals surface area contributed by atoms with E-state index in [0.29, 0.717) is 5.92 Å². The zero-order valence-corrected chi connectivity index (χ0v) is 15.7. The first-order valence-electron chi connectivity index (χ1n) is 8.63. The first kappa shape index (κ1) is 18.5. The van der Waals surface area contributed by atoms with Crippen molar-refractivity contribution in [2.24, 2.45) is 10.9 Å². The van der Waals surface area contributed by atoms with Gasteiger partial charge in [0.2, 0.25) is 0 Å². The van der Waals surface area contributed by atoms with Gasteiger partial charge in [-0.25, -0.2) is 0 Å². The van der Waals surface area contributed by atoms with Gasteiger partial charge in [0.1, 0.15) is 0 Å². The van der Waals surface area contributed by atoms with E-state index in [1.807, 2.05) is 23.7 Å². The van der Waals surface area contributed by atoms with Crippen LogP contribution in [-0.4, -0.2) is 30.6 Å². The minimum absolute atomic E-state index is 0.543. The minimum atomic E-state index is 0.543. The lowest BCUT2D eigenvalue weighted by molar-refractivity contribution is 0.595. The number of pyridine rings is 1. The fraction of sp³-hybridized carbons (Fsp3) is 0.474. The highest BCUT2D eigenvalue weighted by atomic mass is 32.1. The van der Waals surface area contributed by atoms with E-state index in [0.717, 1.165) is 38.4 Å². The number of thiophene rings is 1. The Morgan fingerprint density at radius 3 is 2.92 bits per heavy atom. The third kappa shape index (κ3) is 6.32. The van der Waals surface area contributed by atoms with Crippen molar-refractivity contribution >= 4 is 17.3 Å². The standard InChI is InChI=1S/C19H28N4S/c1-4-21-19(22-10-8-17-7-9-20-14-16(17)3)23-13-15(2)12-18-6-5-11-24-18/h5-7,9,11,14-15H,4,8,10,12-13H2,1-3H3,(H2,21,22,23). The van der Waals surface area contributed by atoms with Crippen molar-refractivity contribution in [2.45, 2.75) is 33.6 Å². The maximum atomic E-state index is 4.73. The summed E-state index contributed by atoms with van der Waals surface area (Å²) in [7, 11) is 0. The van der Waals surface area contributed by atoms with Crippen molar-refractivity contribution in [1.29, 1.82) is 0 Å². The van der Waals surface area contributed by atoms with E-state index in [-0.39, 0.29) is 0 Å². The van der Waals surface area contributed by atoms with Crippen molar-refractivity contribution in [2.75, 3.05) is 19.6 Å². The Labute approximate surface area is 149 Å². The lowest BCUT2D eigenvalue weighted by Crippen LogP contribution is -2.38. The summed E-state index contributed by atoms with van der Waals surface area (Å²) in [6.07, 6.45) is 5.84. The molecule has 0 bridgehead atoms. The summed E-state index contributed by atoms with van der Waals surface area (Å²) in [6, 6.07) is 6.40. The van der Waals surface area contributed by atoms with Gasteiger partial charge in [-0.2, -0.15) is 0 Å². The fourth-order valence-electron chi connectivity index (χ4n) is 2.52. The molecule has 0 radical (unpaired) electrons. The Hall–Kier alpha value is -1.88. The predicted molar refractivity (Wildman–Crippen MR) is 104 cm³/mol. The second-order valence-electron chi connectivity index (χ2n) is 6.09. The van der Waals surface area contributed by atoms with Gasteiger partial charge in [-0.3, -0.25) is 9.98 Å². The largest absolute Gasteiger partial charge is 0.357 e. The molecule has 0 saturated heterocycles. The van der Waals surface area contributed by atoms with Crippen LogP contribution in [0.5, 0.6) is 0 Å². The van der Waals surface area contributed by atoms with Gasteiger partial charge in [0.25, 0.3) is 0 Å². The predicted octanol–water partition coefficient (Wildman–Crippen LogP) is 3.43. The van der Waals surface area contributed by atoms with Crippen molar-refractivity contribution in [3.05, 3.63) is 52.0 Å². The van der Waals surface area contributed by atoms with Gasteiger partial charge in [-0.1, -0.05) is 13.0 Å². The summed E-state index contributed by atoms with van der Waals surface area (Å²) < 4.78 is 0. The van der Waals surface area contributed by atoms with Crippen LogP contribution in [0.15, 0.2) is 41.0 Å². The molecule has 0 amide bonds. The highest BCUT2D eigenvalue weighted by Gasteiger charge is 2.05. The maximum absolute atomic E-state index is 4.73. The molecule has 0 spiro atoms. The zero-order valence-electron chi connectivity index (χ0n) is 14.9. The monoisotopic (exact) mass is 344 g/mol. The van der Waals surface area contributed by atoms with Gasteiger partial charge < -0.3 is 10.6 Å². The third-order valence-electron chi connectivity index (χ3n) is 3.86. The molecule has 0 saturated carbocycles. The quantitative estimate of drug-likeness (QED) is 0.570. The summed E-state index contributed by atoms with van der Waals surface area (Å²) in [4.78, 5) is 10.3. The average molecular weight is 345 g/mol. The lowest BCUT2D eigenvalue weighted by Gasteiger charge is -2.13. The van der Waals surface area contributed by atoms with Crippen LogP contribution in [0.2, 0.25) is 0 Å². The van der Waals surface area contributed by atoms with Gasteiger partial charge in [-0.05, 0) is 61.2 Å². The third-order valence-corrected chi connectivity index (χ3v) is 4.76. The number of guanidine groups is 1. The molecule has 1 unspecified atom stereocenters. The fourth-order valence-corrected chi connectivity index (χ4v) is 3.39. The summed E-state index contributed by atoms with van der Waals surface area (Å²) in [5.41, 5.74) is 2.57. The Morgan fingerprint density at radius 1 is 1.33 bits per heavy atom. The Bertz CT molecular complexity index is 622. The molecule has 2 rings (SSSR count). The summed E-state index contributed by atoms with van der Waals surface area (Å²) in [5, 5.41) is 8.90. The lowest BCUT2D eigenvalue weighted by atomic mass is 10.1. The van der Waals surface area contributed by atoms with Gasteiger partial charge in [0.15, 0.2) is 5.96 Å². The van der Waals surface area contributed by atoms with Crippen LogP contribution in [0.1, 0.15) is 29.9 Å². The normalized spacial score (nSPS) is 12.9. The topological polar surface area (TPSA) is 49.3 Å². The van der Waals surface area contributed by atoms with Gasteiger partial charge in [0, 0.05) is 36.9 Å². The summed E-state index contributed by atoms with van der Waals surface area (Å²) in [6.45, 7) is 9.04. The number of hydrogen-bond acceptors (Lipinski definition) is 3. The number of rotatable bonds is 8. The van der Waals surface area contributed by atoms with Crippen LogP contribution in [0.3, 0.4) is 0 Å². The number of aromatic nitrogens is 1. The molecular formula is C19H28N4S. The van der Waals surface area contributed by atoms with Crippen LogP contribution in [0.4, 0.5) is 0 Å². The molecule has 0 fully saturated rings. The summed E-state index contributed by atoms with van der Waals surface area (Å²) >= 11 is 1.82. The van der Waals surface area contributed by atoms with Gasteiger partial charge >= 0.3 is 0 Å². The molecule has 0 aliphatic rings. The second kappa shape index (κ2) is 10.1. The first-order chi connectivity index (χ1) is 11.7. The average Bonchev–Trinajstić information content (AvgIpc) is 3.07. The van der Waals surface area contributed by atoms with Crippen molar-refractivity contribution in [3.63, 3.8) is 0 Å². The molecular weight excluding hydrogens is 316 g/mol. The molecule has 1 atom stereocenters. The van der Waals surface area contributed by atoms with Gasteiger partial charge in [-0.15, -0.1) is 11.3 Å². The van der Waals surface area contributed by atoms with E-state index < -0.39 is 0 Å². The van der Waals surface area contributed by atoms with Crippen molar-refractivity contribution < 1.29 is 0 Å². The van der Waals surface area contributed by atoms with E-state index in [1.54, 1.807) is 0 Å². The number of nitrogens with zero attached hydrogens (tertiary/aromatic N) is 2. The number of hydrogen-bond donors (Lipinski definition) is 2. The zero-order chi connectivity index (χ0) is 17.2. The highest BCUT2D eigenvalue weighted by Crippen LogP contribution is 2.14. The second-order valence-corrected chi connectivity index (χ2v) is 7.12. The minimum Gasteiger partial charge on any atom is -0.357 e. The van der Waals surface area contributed by atoms with E-state index in [4.69, 9.17) is 4.99 Å². The summed E-state index contributed by atoms with van der Waals surface area (Å²) in [5.74, 6) is 1.45. The number of nitrogens with one attached hydrogen (secondary N) is 2. The SMILES string of the molecule is CCNC(=NCC(C)Cc1cccs1)NCCc1ccncc1C. The highest BCUT2D eigenvalue weighted by molar-refractivity contribution is 7.09. The van der Waals surface area contributed by atoms with Crippen LogP contribution in [-0.2, 0) is 12.8 Å². The van der Waals surface area contributed by atoms with E-state index >= 15 is 0 Å². The molecule has 2 heterocycles. The number of aliphatic imine (C=N–C) groups is 1. The van der Waals surface area contributed by atoms with Gasteiger partial charge in [0.05, 0.1) is 0 Å². The van der Waals surface area contributed by atoms with Crippen LogP contribution >= 0.6 is 11.3 Å². The van der Waals surface area contributed by atoms with Crippen LogP contribution in [0, 0.1) is 12.8 Å². The smallest absolute Gasteiger partial charge is 0.191 e. The molecule has 0 aliphatic heterocycles. The van der Waals surface area contributed by atoms with Crippen LogP contribution < -0.4 is 10.6 Å². The Kier molecular flexibility index (Phi) is 7.75. The molecule has 24 heavy (non-hydrogen) atoms. The molecule has 0 aliphatic carbocycles. The molecule has 2 N–H and O–H groups in total. The Morgan fingerprint density at radius 2 is 2.21 bits per heavy atom. The van der Waals surface area contributed by atoms with E-state index in [2.05, 4.69) is 60.0 Å². The van der Waals surface area contributed by atoms with Crippen molar-refractivity contribution in [1.82, 2.24) is 15.6 Å². The molecule has 2 aromatic heterocycles. The first-order valence-corrected chi connectivity index (χ1v) is 9.51. The molecule has 4 nitrogen and oxygen atoms in total. The van der Waals surface area contributed by atoms with E-state index in [1.165, 1.54) is 16.0 Å². The van der Waals surface area contributed by atoms with Crippen LogP contribution in [0.25, 0.3) is 0 Å². The van der Waals surface area contributed by atoms with Crippen molar-refractivity contribution in [3.8, 4) is 0 Å². The maximum Gasteiger partial charge on any atom is 0.191 e. The molecule has 5 heteroatoms. The number of aryl methyl sites for hydroxylation is 1. The Balaban J connectivity index is 1.80. The van der Waals surface area contributed by atoms with E-state index in [9.17, 15) is 0 Å². The molecule has 2 aromatic rings.